The molecule has 0 atom stereocenters. The number of aromatic nitrogens is 2. The van der Waals surface area contributed by atoms with E-state index in [1.54, 1.807) is 19.3 Å². The summed E-state index contributed by atoms with van der Waals surface area (Å²) >= 11 is 0. The fraction of sp³-hybridized carbons (Fsp3) is 0.0667. The minimum Gasteiger partial charge on any atom is -0.314 e. The van der Waals surface area contributed by atoms with E-state index in [9.17, 15) is 4.79 Å². The largest absolute Gasteiger partial charge is 0.314 e. The normalized spacial score (nSPS) is 10.7. The second-order valence-corrected chi connectivity index (χ2v) is 4.20. The number of Topliss-reactive ketones (excluding diaryl/α,β-unsaturated/α-hetero) is 1. The molecular weight excluding hydrogens is 224 g/mol. The quantitative estimate of drug-likeness (QED) is 0.640. The summed E-state index contributed by atoms with van der Waals surface area (Å²) in [6, 6.07) is 11.8. The minimum atomic E-state index is 0.0776. The molecule has 18 heavy (non-hydrogen) atoms. The summed E-state index contributed by atoms with van der Waals surface area (Å²) in [5, 5.41) is 0.980. The number of benzene rings is 1. The van der Waals surface area contributed by atoms with Gasteiger partial charge in [0.05, 0.1) is 17.4 Å². The van der Waals surface area contributed by atoms with Crippen LogP contribution in [0.25, 0.3) is 16.6 Å². The zero-order valence-corrected chi connectivity index (χ0v) is 10.00. The molecule has 0 radical (unpaired) electrons. The molecule has 2 aromatic heterocycles. The van der Waals surface area contributed by atoms with Gasteiger partial charge < -0.3 is 4.57 Å². The number of nitrogens with zero attached hydrogens (tertiary/aromatic N) is 2. The summed E-state index contributed by atoms with van der Waals surface area (Å²) in [4.78, 5) is 15.8. The Morgan fingerprint density at radius 3 is 2.72 bits per heavy atom. The molecule has 1 aromatic carbocycles. The van der Waals surface area contributed by atoms with Gasteiger partial charge in [0.2, 0.25) is 0 Å². The van der Waals surface area contributed by atoms with Crippen molar-refractivity contribution in [2.45, 2.75) is 6.92 Å². The van der Waals surface area contributed by atoms with Crippen LogP contribution in [0.15, 0.2) is 55.0 Å². The van der Waals surface area contributed by atoms with Crippen molar-refractivity contribution >= 4 is 16.7 Å². The molecule has 2 heterocycles. The predicted molar refractivity (Wildman–Crippen MR) is 71.1 cm³/mol. The third-order valence-corrected chi connectivity index (χ3v) is 3.02. The average molecular weight is 236 g/mol. The molecule has 0 aliphatic rings. The van der Waals surface area contributed by atoms with Crippen LogP contribution < -0.4 is 0 Å². The van der Waals surface area contributed by atoms with E-state index in [2.05, 4.69) is 4.98 Å². The lowest BCUT2D eigenvalue weighted by molar-refractivity contribution is 0.101. The SMILES string of the molecule is CC(=O)c1cn(-c2cccnc2)c2ccccc12. The Kier molecular flexibility index (Phi) is 2.45. The topological polar surface area (TPSA) is 34.9 Å². The van der Waals surface area contributed by atoms with Crippen molar-refractivity contribution in [3.05, 3.63) is 60.6 Å². The first kappa shape index (κ1) is 10.7. The van der Waals surface area contributed by atoms with Crippen molar-refractivity contribution in [1.29, 1.82) is 0 Å². The van der Waals surface area contributed by atoms with Gasteiger partial charge >= 0.3 is 0 Å². The van der Waals surface area contributed by atoms with Gasteiger partial charge in [-0.05, 0) is 25.1 Å². The van der Waals surface area contributed by atoms with E-state index in [-0.39, 0.29) is 5.78 Å². The Morgan fingerprint density at radius 2 is 2.00 bits per heavy atom. The van der Waals surface area contributed by atoms with Gasteiger partial charge in [-0.2, -0.15) is 0 Å². The predicted octanol–water partition coefficient (Wildman–Crippen LogP) is 3.23. The van der Waals surface area contributed by atoms with Crippen molar-refractivity contribution in [2.75, 3.05) is 0 Å². The highest BCUT2D eigenvalue weighted by Crippen LogP contribution is 2.24. The molecule has 0 aliphatic heterocycles. The Labute approximate surface area is 105 Å². The lowest BCUT2D eigenvalue weighted by atomic mass is 10.1. The molecule has 0 fully saturated rings. The fourth-order valence-electron chi connectivity index (χ4n) is 2.17. The van der Waals surface area contributed by atoms with Crippen LogP contribution in [0.5, 0.6) is 0 Å². The molecule has 3 aromatic rings. The van der Waals surface area contributed by atoms with E-state index in [0.717, 1.165) is 22.2 Å². The van der Waals surface area contributed by atoms with Crippen LogP contribution in [0, 0.1) is 0 Å². The maximum Gasteiger partial charge on any atom is 0.161 e. The molecule has 88 valence electrons. The van der Waals surface area contributed by atoms with Crippen molar-refractivity contribution in [2.24, 2.45) is 0 Å². The summed E-state index contributed by atoms with van der Waals surface area (Å²) < 4.78 is 2.00. The summed E-state index contributed by atoms with van der Waals surface area (Å²) in [6.45, 7) is 1.59. The Morgan fingerprint density at radius 1 is 1.17 bits per heavy atom. The molecule has 0 saturated carbocycles. The lowest BCUT2D eigenvalue weighted by Crippen LogP contribution is -1.92. The maximum absolute atomic E-state index is 11.7. The standard InChI is InChI=1S/C15H12N2O/c1-11(18)14-10-17(12-5-4-8-16-9-12)15-7-3-2-6-13(14)15/h2-10H,1H3. The van der Waals surface area contributed by atoms with Crippen molar-refractivity contribution in [1.82, 2.24) is 9.55 Å². The minimum absolute atomic E-state index is 0.0776. The third-order valence-electron chi connectivity index (χ3n) is 3.02. The number of ketones is 1. The van der Waals surface area contributed by atoms with Crippen LogP contribution in [0.3, 0.4) is 0 Å². The Hall–Kier alpha value is -2.42. The van der Waals surface area contributed by atoms with Gasteiger partial charge in [-0.25, -0.2) is 0 Å². The van der Waals surface area contributed by atoms with E-state index in [0.29, 0.717) is 0 Å². The number of hydrogen-bond donors (Lipinski definition) is 0. The zero-order valence-electron chi connectivity index (χ0n) is 10.00. The average Bonchev–Trinajstić information content (AvgIpc) is 2.79. The smallest absolute Gasteiger partial charge is 0.161 e. The van der Waals surface area contributed by atoms with Gasteiger partial charge in [-0.1, -0.05) is 18.2 Å². The summed E-state index contributed by atoms with van der Waals surface area (Å²) in [6.07, 6.45) is 5.40. The van der Waals surface area contributed by atoms with E-state index in [1.165, 1.54) is 0 Å². The van der Waals surface area contributed by atoms with Crippen LogP contribution >= 0.6 is 0 Å². The number of hydrogen-bond acceptors (Lipinski definition) is 2. The van der Waals surface area contributed by atoms with Gasteiger partial charge in [0.15, 0.2) is 5.78 Å². The third kappa shape index (κ3) is 1.61. The molecule has 3 nitrogen and oxygen atoms in total. The van der Waals surface area contributed by atoms with Crippen LogP contribution in [-0.2, 0) is 0 Å². The lowest BCUT2D eigenvalue weighted by Gasteiger charge is -2.03. The van der Waals surface area contributed by atoms with Crippen LogP contribution in [0.2, 0.25) is 0 Å². The number of pyridine rings is 1. The first-order valence-electron chi connectivity index (χ1n) is 5.79. The summed E-state index contributed by atoms with van der Waals surface area (Å²) in [5.74, 6) is 0.0776. The molecule has 0 unspecified atom stereocenters. The van der Waals surface area contributed by atoms with Crippen LogP contribution in [-0.4, -0.2) is 15.3 Å². The van der Waals surface area contributed by atoms with Crippen LogP contribution in [0.1, 0.15) is 17.3 Å². The Balaban J connectivity index is 2.34. The van der Waals surface area contributed by atoms with Gasteiger partial charge in [0.1, 0.15) is 0 Å². The van der Waals surface area contributed by atoms with Gasteiger partial charge in [-0.3, -0.25) is 9.78 Å². The van der Waals surface area contributed by atoms with E-state index in [1.807, 2.05) is 47.2 Å². The summed E-state index contributed by atoms with van der Waals surface area (Å²) in [7, 11) is 0. The number of carbonyl (C=O) groups excluding carboxylic acids is 1. The first-order valence-corrected chi connectivity index (χ1v) is 5.79. The number of para-hydroxylation sites is 1. The molecular formula is C15H12N2O. The van der Waals surface area contributed by atoms with E-state index in [4.69, 9.17) is 0 Å². The number of carbonyl (C=O) groups is 1. The molecule has 0 bridgehead atoms. The zero-order chi connectivity index (χ0) is 12.5. The monoisotopic (exact) mass is 236 g/mol. The van der Waals surface area contributed by atoms with Crippen molar-refractivity contribution in [3.8, 4) is 5.69 Å². The van der Waals surface area contributed by atoms with Crippen molar-refractivity contribution < 1.29 is 4.79 Å². The molecule has 0 N–H and O–H groups in total. The molecule has 0 saturated heterocycles. The van der Waals surface area contributed by atoms with Crippen LogP contribution in [0.4, 0.5) is 0 Å². The van der Waals surface area contributed by atoms with Gasteiger partial charge in [0.25, 0.3) is 0 Å². The highest BCUT2D eigenvalue weighted by Gasteiger charge is 2.12. The second-order valence-electron chi connectivity index (χ2n) is 4.20. The molecule has 0 spiro atoms. The highest BCUT2D eigenvalue weighted by atomic mass is 16.1. The Bertz CT molecular complexity index is 714. The molecule has 0 amide bonds. The summed E-state index contributed by atoms with van der Waals surface area (Å²) in [5.41, 5.74) is 2.73. The van der Waals surface area contributed by atoms with Gasteiger partial charge in [0, 0.05) is 23.3 Å². The molecule has 0 aliphatic carbocycles. The van der Waals surface area contributed by atoms with E-state index < -0.39 is 0 Å². The van der Waals surface area contributed by atoms with Gasteiger partial charge in [-0.15, -0.1) is 0 Å². The fourth-order valence-corrected chi connectivity index (χ4v) is 2.17. The molecule has 3 rings (SSSR count). The second kappa shape index (κ2) is 4.11. The van der Waals surface area contributed by atoms with Crippen molar-refractivity contribution in [3.63, 3.8) is 0 Å². The maximum atomic E-state index is 11.7. The number of fused-ring (bicyclic) bond motifs is 1. The first-order chi connectivity index (χ1) is 8.77. The highest BCUT2D eigenvalue weighted by molar-refractivity contribution is 6.07. The van der Waals surface area contributed by atoms with E-state index >= 15 is 0 Å². The molecule has 3 heteroatoms. The number of rotatable bonds is 2.